The summed E-state index contributed by atoms with van der Waals surface area (Å²) < 4.78 is 0. The van der Waals surface area contributed by atoms with Crippen molar-refractivity contribution in [3.05, 3.63) is 44.9 Å². The molecule has 2 nitrogen and oxygen atoms in total. The van der Waals surface area contributed by atoms with Gasteiger partial charge in [0.1, 0.15) is 10.0 Å². The Morgan fingerprint density at radius 1 is 0.964 bits per heavy atom. The quantitative estimate of drug-likeness (QED) is 0.411. The van der Waals surface area contributed by atoms with Gasteiger partial charge in [-0.15, -0.1) is 21.5 Å². The third-order valence-corrected chi connectivity index (χ3v) is 7.41. The van der Waals surface area contributed by atoms with E-state index in [4.69, 9.17) is 0 Å². The number of nitrogens with zero attached hydrogens (tertiary/aromatic N) is 2. The predicted molar refractivity (Wildman–Crippen MR) is 122 cm³/mol. The van der Waals surface area contributed by atoms with E-state index in [0.29, 0.717) is 5.92 Å². The Morgan fingerprint density at radius 3 is 2.43 bits per heavy atom. The van der Waals surface area contributed by atoms with E-state index < -0.39 is 0 Å². The number of hydrogen-bond donors (Lipinski definition) is 0. The summed E-state index contributed by atoms with van der Waals surface area (Å²) in [5, 5.41) is 11.3. The molecule has 1 heterocycles. The third-order valence-electron chi connectivity index (χ3n) is 6.37. The monoisotopic (exact) mass is 398 g/mol. The fraction of sp³-hybridized carbons (Fsp3) is 0.680. The van der Waals surface area contributed by atoms with E-state index in [1.165, 1.54) is 67.8 Å². The van der Waals surface area contributed by atoms with Crippen molar-refractivity contribution < 1.29 is 0 Å². The summed E-state index contributed by atoms with van der Waals surface area (Å²) in [6, 6.07) is 7.40. The lowest BCUT2D eigenvalue weighted by Gasteiger charge is -2.26. The zero-order chi connectivity index (χ0) is 19.8. The van der Waals surface area contributed by atoms with Crippen molar-refractivity contribution in [2.24, 2.45) is 0 Å². The average molecular weight is 399 g/mol. The highest BCUT2D eigenvalue weighted by molar-refractivity contribution is 7.11. The smallest absolute Gasteiger partial charge is 0.117 e. The minimum atomic E-state index is 0.672. The highest BCUT2D eigenvalue weighted by atomic mass is 32.1. The summed E-state index contributed by atoms with van der Waals surface area (Å²) in [5.74, 6) is 1.44. The molecule has 3 rings (SSSR count). The van der Waals surface area contributed by atoms with Crippen LogP contribution in [0.3, 0.4) is 0 Å². The summed E-state index contributed by atoms with van der Waals surface area (Å²) >= 11 is 1.83. The molecule has 0 aliphatic heterocycles. The summed E-state index contributed by atoms with van der Waals surface area (Å²) in [5.41, 5.74) is 4.75. The Balaban J connectivity index is 1.73. The summed E-state index contributed by atoms with van der Waals surface area (Å²) in [6.07, 6.45) is 15.2. The molecule has 28 heavy (non-hydrogen) atoms. The van der Waals surface area contributed by atoms with Crippen LogP contribution < -0.4 is 0 Å². The number of benzene rings is 1. The largest absolute Gasteiger partial charge is 0.144 e. The van der Waals surface area contributed by atoms with Gasteiger partial charge in [-0.05, 0) is 60.6 Å². The maximum absolute atomic E-state index is 4.46. The van der Waals surface area contributed by atoms with Crippen LogP contribution in [0.1, 0.15) is 117 Å². The number of aromatic nitrogens is 2. The average Bonchev–Trinajstić information content (AvgIpc) is 3.19. The predicted octanol–water partition coefficient (Wildman–Crippen LogP) is 7.62. The van der Waals surface area contributed by atoms with Crippen LogP contribution in [0.5, 0.6) is 0 Å². The lowest BCUT2D eigenvalue weighted by atomic mass is 9.79. The molecule has 1 unspecified atom stereocenters. The molecule has 0 N–H and O–H groups in total. The SMILES string of the molecule is CCCCc1nnc(CCc2ccc(C(C)CCC)cc2C2CCCCC2)s1. The van der Waals surface area contributed by atoms with Crippen LogP contribution in [0, 0.1) is 0 Å². The van der Waals surface area contributed by atoms with E-state index in [0.717, 1.165) is 25.2 Å². The van der Waals surface area contributed by atoms with E-state index in [1.54, 1.807) is 16.7 Å². The molecular weight excluding hydrogens is 360 g/mol. The third kappa shape index (κ3) is 5.89. The molecule has 0 saturated heterocycles. The zero-order valence-corrected chi connectivity index (χ0v) is 19.0. The van der Waals surface area contributed by atoms with Crippen molar-refractivity contribution >= 4 is 11.3 Å². The van der Waals surface area contributed by atoms with Gasteiger partial charge in [-0.3, -0.25) is 0 Å². The van der Waals surface area contributed by atoms with Gasteiger partial charge in [-0.25, -0.2) is 0 Å². The van der Waals surface area contributed by atoms with Gasteiger partial charge in [-0.2, -0.15) is 0 Å². The number of unbranched alkanes of at least 4 members (excludes halogenated alkanes) is 1. The molecule has 1 aromatic heterocycles. The summed E-state index contributed by atoms with van der Waals surface area (Å²) in [7, 11) is 0. The highest BCUT2D eigenvalue weighted by Gasteiger charge is 2.20. The Kier molecular flexibility index (Phi) is 8.51. The Hall–Kier alpha value is -1.22. The minimum Gasteiger partial charge on any atom is -0.144 e. The summed E-state index contributed by atoms with van der Waals surface area (Å²) in [6.45, 7) is 6.92. The van der Waals surface area contributed by atoms with Crippen LogP contribution in [0.25, 0.3) is 0 Å². The molecule has 1 aliphatic rings. The number of aryl methyl sites for hydroxylation is 3. The molecule has 0 radical (unpaired) electrons. The van der Waals surface area contributed by atoms with E-state index in [1.807, 2.05) is 11.3 Å². The van der Waals surface area contributed by atoms with E-state index in [-0.39, 0.29) is 0 Å². The van der Waals surface area contributed by atoms with Crippen LogP contribution in [0.15, 0.2) is 18.2 Å². The second-order valence-electron chi connectivity index (χ2n) is 8.68. The van der Waals surface area contributed by atoms with Gasteiger partial charge in [0.05, 0.1) is 0 Å². The second kappa shape index (κ2) is 11.1. The molecule has 3 heteroatoms. The van der Waals surface area contributed by atoms with Gasteiger partial charge >= 0.3 is 0 Å². The van der Waals surface area contributed by atoms with E-state index in [2.05, 4.69) is 49.2 Å². The highest BCUT2D eigenvalue weighted by Crippen LogP contribution is 2.37. The van der Waals surface area contributed by atoms with Crippen molar-refractivity contribution in [3.63, 3.8) is 0 Å². The first-order chi connectivity index (χ1) is 13.7. The first kappa shape index (κ1) is 21.5. The fourth-order valence-corrected chi connectivity index (χ4v) is 5.49. The van der Waals surface area contributed by atoms with Crippen LogP contribution in [0.4, 0.5) is 0 Å². The molecule has 0 amide bonds. The molecule has 154 valence electrons. The molecule has 0 spiro atoms. The first-order valence-corrected chi connectivity index (χ1v) is 12.5. The van der Waals surface area contributed by atoms with Crippen LogP contribution in [-0.2, 0) is 19.3 Å². The topological polar surface area (TPSA) is 25.8 Å². The maximum Gasteiger partial charge on any atom is 0.117 e. The van der Waals surface area contributed by atoms with Crippen molar-refractivity contribution in [1.82, 2.24) is 10.2 Å². The van der Waals surface area contributed by atoms with Crippen LogP contribution in [-0.4, -0.2) is 10.2 Å². The molecule has 1 fully saturated rings. The number of rotatable bonds is 10. The molecular formula is C25H38N2S. The summed E-state index contributed by atoms with van der Waals surface area (Å²) in [4.78, 5) is 0. The standard InChI is InChI=1S/C25H38N2S/c1-4-6-13-24-26-27-25(28-24)17-16-21-14-15-22(19(3)10-5-2)18-23(21)20-11-8-7-9-12-20/h14-15,18-20H,4-13,16-17H2,1-3H3. The molecule has 1 saturated carbocycles. The van der Waals surface area contributed by atoms with Gasteiger partial charge in [0, 0.05) is 12.8 Å². The van der Waals surface area contributed by atoms with Gasteiger partial charge in [-0.1, -0.05) is 71.1 Å². The lowest BCUT2D eigenvalue weighted by Crippen LogP contribution is -2.09. The zero-order valence-electron chi connectivity index (χ0n) is 18.2. The van der Waals surface area contributed by atoms with Crippen molar-refractivity contribution in [3.8, 4) is 0 Å². The van der Waals surface area contributed by atoms with Gasteiger partial charge in [0.15, 0.2) is 0 Å². The van der Waals surface area contributed by atoms with Crippen molar-refractivity contribution in [1.29, 1.82) is 0 Å². The van der Waals surface area contributed by atoms with E-state index in [9.17, 15) is 0 Å². The van der Waals surface area contributed by atoms with Crippen LogP contribution >= 0.6 is 11.3 Å². The second-order valence-corrected chi connectivity index (χ2v) is 9.82. The molecule has 1 aromatic carbocycles. The molecule has 0 bridgehead atoms. The first-order valence-electron chi connectivity index (χ1n) is 11.6. The Bertz CT molecular complexity index is 715. The van der Waals surface area contributed by atoms with Gasteiger partial charge in [0.2, 0.25) is 0 Å². The van der Waals surface area contributed by atoms with Gasteiger partial charge in [0.25, 0.3) is 0 Å². The molecule has 1 aliphatic carbocycles. The number of hydrogen-bond acceptors (Lipinski definition) is 3. The fourth-order valence-electron chi connectivity index (χ4n) is 4.60. The molecule has 2 aromatic rings. The Labute approximate surface area is 176 Å². The van der Waals surface area contributed by atoms with Crippen molar-refractivity contribution in [2.75, 3.05) is 0 Å². The van der Waals surface area contributed by atoms with Crippen LogP contribution in [0.2, 0.25) is 0 Å². The van der Waals surface area contributed by atoms with Crippen molar-refractivity contribution in [2.45, 2.75) is 110 Å². The van der Waals surface area contributed by atoms with E-state index >= 15 is 0 Å². The minimum absolute atomic E-state index is 0.672. The normalized spacial score (nSPS) is 16.4. The maximum atomic E-state index is 4.46. The lowest BCUT2D eigenvalue weighted by molar-refractivity contribution is 0.441. The molecule has 1 atom stereocenters. The Morgan fingerprint density at radius 2 is 1.71 bits per heavy atom. The van der Waals surface area contributed by atoms with Gasteiger partial charge < -0.3 is 0 Å².